The Hall–Kier alpha value is -3.67. The number of aromatic nitrogens is 1. The van der Waals surface area contributed by atoms with Crippen LogP contribution in [-0.2, 0) is 59.0 Å². The Balaban J connectivity index is 1.41. The lowest BCUT2D eigenvalue weighted by Crippen LogP contribution is -2.60. The molecule has 4 aliphatic rings. The van der Waals surface area contributed by atoms with Gasteiger partial charge in [-0.1, -0.05) is 38.9 Å². The molecule has 4 aliphatic heterocycles. The number of hydrogen-bond donors (Lipinski definition) is 1. The molecular weight excluding hydrogens is 752 g/mol. The highest BCUT2D eigenvalue weighted by atomic mass is 16.7. The molecular formula is C42H62N4O12. The van der Waals surface area contributed by atoms with E-state index in [2.05, 4.69) is 10.1 Å². The lowest BCUT2D eigenvalue weighted by molar-refractivity contribution is -0.305. The van der Waals surface area contributed by atoms with Crippen LogP contribution in [0.1, 0.15) is 87.1 Å². The molecule has 0 saturated carbocycles. The van der Waals surface area contributed by atoms with Crippen molar-refractivity contribution in [3.05, 3.63) is 23.8 Å². The number of ether oxygens (including phenoxy) is 7. The van der Waals surface area contributed by atoms with Crippen molar-refractivity contribution in [2.75, 3.05) is 33.0 Å². The van der Waals surface area contributed by atoms with Gasteiger partial charge in [0.1, 0.15) is 23.9 Å². The summed E-state index contributed by atoms with van der Waals surface area (Å²) in [6, 6.07) is 5.27. The number of nitrogen functional groups attached to an aromatic ring is 1. The van der Waals surface area contributed by atoms with Gasteiger partial charge in [-0.2, -0.15) is 4.98 Å². The fourth-order valence-electron chi connectivity index (χ4n) is 9.53. The Bertz CT molecular complexity index is 1840. The number of anilines is 1. The number of nitrogens with zero attached hydrogens (tertiary/aromatic N) is 3. The number of cyclic esters (lactones) is 1. The summed E-state index contributed by atoms with van der Waals surface area (Å²) in [5.74, 6) is -3.25. The van der Waals surface area contributed by atoms with Gasteiger partial charge in [-0.15, -0.1) is 0 Å². The highest BCUT2D eigenvalue weighted by Gasteiger charge is 2.59. The highest BCUT2D eigenvalue weighted by Crippen LogP contribution is 2.45. The average molecular weight is 815 g/mol. The van der Waals surface area contributed by atoms with E-state index in [1.165, 1.54) is 6.92 Å². The van der Waals surface area contributed by atoms with E-state index in [1.807, 2.05) is 72.7 Å². The number of Topliss-reactive ketones (excluding diaryl/α,β-unsaturated/α-hetero) is 1. The van der Waals surface area contributed by atoms with Crippen LogP contribution >= 0.6 is 0 Å². The highest BCUT2D eigenvalue weighted by molar-refractivity contribution is 5.92. The van der Waals surface area contributed by atoms with Gasteiger partial charge in [-0.05, 0) is 84.7 Å². The Kier molecular flexibility index (Phi) is 13.3. The maximum atomic E-state index is 14.3. The van der Waals surface area contributed by atoms with Gasteiger partial charge in [0, 0.05) is 18.8 Å². The molecule has 14 atom stereocenters. The molecule has 3 unspecified atom stereocenters. The lowest BCUT2D eigenvalue weighted by atomic mass is 9.75. The smallest absolute Gasteiger partial charge is 0.311 e. The van der Waals surface area contributed by atoms with Crippen molar-refractivity contribution in [2.45, 2.75) is 148 Å². The van der Waals surface area contributed by atoms with Crippen molar-refractivity contribution in [3.63, 3.8) is 0 Å². The molecule has 1 aromatic heterocycles. The van der Waals surface area contributed by atoms with Crippen molar-refractivity contribution in [1.82, 2.24) is 9.88 Å². The summed E-state index contributed by atoms with van der Waals surface area (Å²) in [6.07, 6.45) is -3.67. The van der Waals surface area contributed by atoms with Gasteiger partial charge in [0.05, 0.1) is 55.2 Å². The number of oxazole rings is 1. The predicted octanol–water partition coefficient (Wildman–Crippen LogP) is 4.84. The number of likely N-dealkylation sites (N-methyl/N-ethyl adjacent to an activating group) is 1. The monoisotopic (exact) mass is 814 g/mol. The fraction of sp³-hybridized carbons (Fsp3) is 0.738. The number of esters is 2. The molecule has 4 bridgehead atoms. The summed E-state index contributed by atoms with van der Waals surface area (Å²) in [5, 5.41) is 4.49. The first-order chi connectivity index (χ1) is 27.3. The Morgan fingerprint density at radius 1 is 1.07 bits per heavy atom. The lowest BCUT2D eigenvalue weighted by Gasteiger charge is -2.48. The molecule has 58 heavy (non-hydrogen) atoms. The van der Waals surface area contributed by atoms with Crippen LogP contribution < -0.4 is 5.73 Å². The molecule has 322 valence electrons. The van der Waals surface area contributed by atoms with E-state index in [0.717, 1.165) is 5.56 Å². The maximum absolute atomic E-state index is 14.3. The summed E-state index contributed by atoms with van der Waals surface area (Å²) in [5.41, 5.74) is 5.63. The maximum Gasteiger partial charge on any atom is 0.311 e. The van der Waals surface area contributed by atoms with Gasteiger partial charge in [0.15, 0.2) is 29.4 Å². The number of nitrogens with two attached hydrogens (primary N) is 1. The van der Waals surface area contributed by atoms with Crippen LogP contribution in [0.15, 0.2) is 27.8 Å². The Morgan fingerprint density at radius 2 is 1.81 bits per heavy atom. The number of hydrogen-bond acceptors (Lipinski definition) is 16. The molecule has 0 aliphatic carbocycles. The van der Waals surface area contributed by atoms with Crippen LogP contribution in [-0.4, -0.2) is 121 Å². The first kappa shape index (κ1) is 43.9. The molecule has 0 radical (unpaired) electrons. The molecule has 0 spiro atoms. The Labute approximate surface area is 340 Å². The first-order valence-corrected chi connectivity index (χ1v) is 20.5. The molecule has 4 fully saturated rings. The SMILES string of the molecule is CC[C@H]1OC(=O)[C@H](C)[C@H]2OC/C(=N\OCc3ccc4oc(N)nc4c3)CO[C@](C)(C[C@@H](C)C3OC1(C)C(=O)C3C)[C@H](O[C@@H]1O[C@H](C)C[C@H](N(C)C)[C@H]1OC(C)=O)[C@@H]2C. The van der Waals surface area contributed by atoms with E-state index >= 15 is 0 Å². The third-order valence-electron chi connectivity index (χ3n) is 12.5. The van der Waals surface area contributed by atoms with Crippen molar-refractivity contribution in [1.29, 1.82) is 0 Å². The minimum Gasteiger partial charge on any atom is -0.459 e. The minimum absolute atomic E-state index is 0.0224. The summed E-state index contributed by atoms with van der Waals surface area (Å²) in [7, 11) is 3.86. The second kappa shape index (κ2) is 17.5. The van der Waals surface area contributed by atoms with E-state index in [-0.39, 0.29) is 49.7 Å². The van der Waals surface area contributed by atoms with E-state index in [9.17, 15) is 14.4 Å². The second-order valence-electron chi connectivity index (χ2n) is 17.4. The van der Waals surface area contributed by atoms with Crippen molar-refractivity contribution >= 4 is 40.5 Å². The third-order valence-corrected chi connectivity index (χ3v) is 12.5. The van der Waals surface area contributed by atoms with Gasteiger partial charge in [0.25, 0.3) is 6.01 Å². The number of carbonyl (C=O) groups is 3. The number of ketones is 1. The van der Waals surface area contributed by atoms with Crippen LogP contribution in [0.3, 0.4) is 0 Å². The van der Waals surface area contributed by atoms with Gasteiger partial charge >= 0.3 is 11.9 Å². The molecule has 5 heterocycles. The molecule has 6 rings (SSSR count). The molecule has 16 nitrogen and oxygen atoms in total. The van der Waals surface area contributed by atoms with Crippen molar-refractivity contribution < 1.29 is 56.8 Å². The second-order valence-corrected chi connectivity index (χ2v) is 17.4. The molecule has 4 saturated heterocycles. The minimum atomic E-state index is -1.34. The largest absolute Gasteiger partial charge is 0.459 e. The standard InChI is InChI=1S/C42H62N4O12/c1-12-32-42(9)36(48)23(4)33(58-42)21(2)17-41(8)37(57-39-35(54-26(7)47)30(46(10)11)15-22(3)53-39)24(5)34(25(6)38(49)56-32)50-19-28(20-51-41)45-52-18-27-13-14-31-29(16-27)44-40(43)55-31/h13-14,16,21-25,30,32-35,37,39H,12,15,17-20H2,1-11H3,(H2,43,44)/b45-28+/t21-,22-,23?,24-,25-,30+,32-,33?,34+,35-,37-,39+,41-,42?/m1/s1. The number of carbonyl (C=O) groups excluding carboxylic acids is 3. The summed E-state index contributed by atoms with van der Waals surface area (Å²) in [6.45, 7) is 16.5. The summed E-state index contributed by atoms with van der Waals surface area (Å²) in [4.78, 5) is 53.0. The van der Waals surface area contributed by atoms with Crippen LogP contribution in [0.25, 0.3) is 11.1 Å². The van der Waals surface area contributed by atoms with Gasteiger partial charge < -0.3 is 53.0 Å². The Morgan fingerprint density at radius 3 is 2.50 bits per heavy atom. The topological polar surface area (TPSA) is 193 Å². The van der Waals surface area contributed by atoms with E-state index < -0.39 is 77.7 Å². The van der Waals surface area contributed by atoms with Gasteiger partial charge in [-0.25, -0.2) is 0 Å². The van der Waals surface area contributed by atoms with Crippen molar-refractivity contribution in [3.8, 4) is 0 Å². The molecule has 2 aromatic rings. The van der Waals surface area contributed by atoms with E-state index in [4.69, 9.17) is 48.1 Å². The van der Waals surface area contributed by atoms with Crippen molar-refractivity contribution in [2.24, 2.45) is 28.8 Å². The quantitative estimate of drug-likeness (QED) is 0.281. The zero-order chi connectivity index (χ0) is 42.3. The molecule has 1 aromatic carbocycles. The zero-order valence-electron chi connectivity index (χ0n) is 35.7. The number of fused-ring (bicyclic) bond motifs is 6. The fourth-order valence-corrected chi connectivity index (χ4v) is 9.53. The zero-order valence-corrected chi connectivity index (χ0v) is 35.7. The van der Waals surface area contributed by atoms with Crippen LogP contribution in [0.5, 0.6) is 0 Å². The van der Waals surface area contributed by atoms with Crippen LogP contribution in [0.4, 0.5) is 6.01 Å². The van der Waals surface area contributed by atoms with Crippen LogP contribution in [0, 0.1) is 23.7 Å². The van der Waals surface area contributed by atoms with E-state index in [1.54, 1.807) is 19.9 Å². The van der Waals surface area contributed by atoms with Gasteiger partial charge in [-0.3, -0.25) is 14.4 Å². The normalized spacial score (nSPS) is 39.6. The molecule has 16 heteroatoms. The number of rotatable bonds is 8. The molecule has 2 N–H and O–H groups in total. The van der Waals surface area contributed by atoms with Gasteiger partial charge in [0.2, 0.25) is 0 Å². The van der Waals surface area contributed by atoms with Crippen LogP contribution in [0.2, 0.25) is 0 Å². The summed E-state index contributed by atoms with van der Waals surface area (Å²) >= 11 is 0. The average Bonchev–Trinajstić information content (AvgIpc) is 3.66. The number of benzene rings is 1. The first-order valence-electron chi connectivity index (χ1n) is 20.5. The summed E-state index contributed by atoms with van der Waals surface area (Å²) < 4.78 is 51.5. The number of oxime groups is 1. The molecule has 0 amide bonds. The third kappa shape index (κ3) is 8.92. The van der Waals surface area contributed by atoms with E-state index in [0.29, 0.717) is 36.1 Å². The predicted molar refractivity (Wildman–Crippen MR) is 211 cm³/mol.